The number of hydrogen-bond acceptors (Lipinski definition) is 3. The molecule has 0 atom stereocenters. The fourth-order valence-electron chi connectivity index (χ4n) is 3.66. The van der Waals surface area contributed by atoms with Crippen molar-refractivity contribution in [1.82, 2.24) is 0 Å². The number of rotatable bonds is 5. The molecule has 1 aromatic carbocycles. The van der Waals surface area contributed by atoms with Gasteiger partial charge in [0.25, 0.3) is 0 Å². The maximum absolute atomic E-state index is 13.0. The number of nitrogens with one attached hydrogen (secondary N) is 1. The molecule has 1 aliphatic carbocycles. The SMILES string of the molecule is O=C1CC(c2ccc(F)cc2)CC(=O)C1C=NCC[NH+]1CC[NH2+]CC1. The largest absolute Gasteiger partial charge is 0.337 e. The Morgan fingerprint density at radius 2 is 1.76 bits per heavy atom. The van der Waals surface area contributed by atoms with Crippen molar-refractivity contribution in [2.24, 2.45) is 10.9 Å². The molecule has 6 heteroatoms. The van der Waals surface area contributed by atoms with E-state index < -0.39 is 5.92 Å². The van der Waals surface area contributed by atoms with Crippen LogP contribution >= 0.6 is 0 Å². The fourth-order valence-corrected chi connectivity index (χ4v) is 3.66. The van der Waals surface area contributed by atoms with Crippen molar-refractivity contribution in [2.75, 3.05) is 39.3 Å². The predicted octanol–water partition coefficient (Wildman–Crippen LogP) is -1.01. The van der Waals surface area contributed by atoms with Gasteiger partial charge in [0.05, 0.1) is 13.1 Å². The summed E-state index contributed by atoms with van der Waals surface area (Å²) < 4.78 is 13.0. The molecule has 1 saturated heterocycles. The zero-order valence-corrected chi connectivity index (χ0v) is 14.4. The van der Waals surface area contributed by atoms with Gasteiger partial charge in [-0.15, -0.1) is 0 Å². The van der Waals surface area contributed by atoms with E-state index in [4.69, 9.17) is 0 Å². The average Bonchev–Trinajstić information content (AvgIpc) is 2.62. The summed E-state index contributed by atoms with van der Waals surface area (Å²) in [5.41, 5.74) is 0.851. The number of piperazine rings is 1. The number of ketones is 2. The second-order valence-corrected chi connectivity index (χ2v) is 6.99. The fraction of sp³-hybridized carbons (Fsp3) is 0.526. The molecule has 25 heavy (non-hydrogen) atoms. The van der Waals surface area contributed by atoms with E-state index >= 15 is 0 Å². The van der Waals surface area contributed by atoms with Crippen molar-refractivity contribution in [3.63, 3.8) is 0 Å². The van der Waals surface area contributed by atoms with E-state index in [0.717, 1.165) is 38.3 Å². The van der Waals surface area contributed by atoms with Gasteiger partial charge in [0.15, 0.2) is 0 Å². The van der Waals surface area contributed by atoms with Gasteiger partial charge < -0.3 is 10.2 Å². The minimum Gasteiger partial charge on any atom is -0.337 e. The number of hydrogen-bond donors (Lipinski definition) is 2. The molecule has 3 rings (SSSR count). The normalized spacial score (nSPS) is 25.6. The maximum atomic E-state index is 13.0. The first kappa shape index (κ1) is 17.9. The Morgan fingerprint density at radius 3 is 2.40 bits per heavy atom. The molecule has 0 unspecified atom stereocenters. The summed E-state index contributed by atoms with van der Waals surface area (Å²) in [6.07, 6.45) is 2.20. The quantitative estimate of drug-likeness (QED) is 0.529. The van der Waals surface area contributed by atoms with Crippen LogP contribution in [0.5, 0.6) is 0 Å². The van der Waals surface area contributed by atoms with Gasteiger partial charge in [0.2, 0.25) is 0 Å². The average molecular weight is 347 g/mol. The molecule has 2 fully saturated rings. The number of nitrogens with two attached hydrogens (primary N) is 1. The second-order valence-electron chi connectivity index (χ2n) is 6.99. The second kappa shape index (κ2) is 8.45. The number of benzene rings is 1. The van der Waals surface area contributed by atoms with Gasteiger partial charge in [0, 0.05) is 19.1 Å². The minimum atomic E-state index is -0.693. The molecule has 2 aliphatic rings. The molecule has 0 spiro atoms. The topological polar surface area (TPSA) is 67.5 Å². The summed E-state index contributed by atoms with van der Waals surface area (Å²) in [6, 6.07) is 6.07. The first-order valence-corrected chi connectivity index (χ1v) is 9.09. The zero-order chi connectivity index (χ0) is 17.6. The molecule has 0 aromatic heterocycles. The molecule has 1 saturated carbocycles. The van der Waals surface area contributed by atoms with Gasteiger partial charge in [-0.05, 0) is 23.6 Å². The third-order valence-corrected chi connectivity index (χ3v) is 5.18. The Morgan fingerprint density at radius 1 is 1.12 bits per heavy atom. The molecular formula is C19H26FN3O2+2. The summed E-state index contributed by atoms with van der Waals surface area (Å²) in [6.45, 7) is 6.23. The van der Waals surface area contributed by atoms with Crippen LogP contribution in [0.1, 0.15) is 24.3 Å². The summed E-state index contributed by atoms with van der Waals surface area (Å²) in [4.78, 5) is 30.6. The number of halogens is 1. The first-order valence-electron chi connectivity index (χ1n) is 9.09. The van der Waals surface area contributed by atoms with Gasteiger partial charge in [-0.3, -0.25) is 14.6 Å². The molecule has 0 amide bonds. The van der Waals surface area contributed by atoms with Crippen LogP contribution in [-0.4, -0.2) is 57.0 Å². The Bertz CT molecular complexity index is 621. The monoisotopic (exact) mass is 347 g/mol. The molecule has 134 valence electrons. The molecule has 0 radical (unpaired) electrons. The Hall–Kier alpha value is -1.92. The number of quaternary nitrogens is 2. The van der Waals surface area contributed by atoms with Crippen molar-refractivity contribution in [2.45, 2.75) is 18.8 Å². The zero-order valence-electron chi connectivity index (χ0n) is 14.4. The van der Waals surface area contributed by atoms with Gasteiger partial charge in [-0.25, -0.2) is 4.39 Å². The van der Waals surface area contributed by atoms with Gasteiger partial charge >= 0.3 is 0 Å². The van der Waals surface area contributed by atoms with Gasteiger partial charge in [0.1, 0.15) is 49.5 Å². The van der Waals surface area contributed by atoms with Gasteiger partial charge in [-0.1, -0.05) is 12.1 Å². The Balaban J connectivity index is 1.51. The third-order valence-electron chi connectivity index (χ3n) is 5.18. The molecule has 1 aliphatic heterocycles. The van der Waals surface area contributed by atoms with Crippen LogP contribution in [0.2, 0.25) is 0 Å². The number of carbonyl (C=O) groups excluding carboxylic acids is 2. The highest BCUT2D eigenvalue weighted by molar-refractivity contribution is 6.16. The lowest BCUT2D eigenvalue weighted by molar-refractivity contribution is -0.945. The van der Waals surface area contributed by atoms with Crippen LogP contribution in [0, 0.1) is 11.7 Å². The molecule has 1 heterocycles. The standard InChI is InChI=1S/C19H24FN3O2/c20-16-3-1-14(2-4-16)15-11-18(24)17(19(25)12-15)13-22-7-10-23-8-5-21-6-9-23/h1-4,13,15,17,21H,5-12H2/p+2. The minimum absolute atomic E-state index is 0.0748. The lowest BCUT2D eigenvalue weighted by Crippen LogP contribution is -3.20. The summed E-state index contributed by atoms with van der Waals surface area (Å²) >= 11 is 0. The van der Waals surface area contributed by atoms with E-state index in [1.54, 1.807) is 18.3 Å². The number of carbonyl (C=O) groups is 2. The molecule has 0 bridgehead atoms. The van der Waals surface area contributed by atoms with Crippen molar-refractivity contribution in [1.29, 1.82) is 0 Å². The number of aliphatic imine (C=N–C) groups is 1. The summed E-state index contributed by atoms with van der Waals surface area (Å²) in [5, 5.41) is 2.32. The van der Waals surface area contributed by atoms with E-state index in [-0.39, 0.29) is 23.3 Å². The molecular weight excluding hydrogens is 321 g/mol. The van der Waals surface area contributed by atoms with E-state index in [9.17, 15) is 14.0 Å². The van der Waals surface area contributed by atoms with Gasteiger partial charge in [-0.2, -0.15) is 0 Å². The highest BCUT2D eigenvalue weighted by atomic mass is 19.1. The maximum Gasteiger partial charge on any atom is 0.149 e. The van der Waals surface area contributed by atoms with Crippen molar-refractivity contribution in [3.8, 4) is 0 Å². The molecule has 1 aromatic rings. The van der Waals surface area contributed by atoms with E-state index in [1.165, 1.54) is 17.0 Å². The Labute approximate surface area is 147 Å². The van der Waals surface area contributed by atoms with Crippen LogP contribution in [0.25, 0.3) is 0 Å². The van der Waals surface area contributed by atoms with Crippen LogP contribution in [0.3, 0.4) is 0 Å². The van der Waals surface area contributed by atoms with Crippen molar-refractivity contribution in [3.05, 3.63) is 35.6 Å². The highest BCUT2D eigenvalue weighted by Gasteiger charge is 2.34. The number of Topliss-reactive ketones (excluding diaryl/α,β-unsaturated/α-hetero) is 2. The van der Waals surface area contributed by atoms with Crippen LogP contribution in [-0.2, 0) is 9.59 Å². The smallest absolute Gasteiger partial charge is 0.149 e. The predicted molar refractivity (Wildman–Crippen MR) is 92.5 cm³/mol. The van der Waals surface area contributed by atoms with Crippen LogP contribution in [0.4, 0.5) is 4.39 Å². The van der Waals surface area contributed by atoms with E-state index in [2.05, 4.69) is 10.3 Å². The molecule has 5 nitrogen and oxygen atoms in total. The van der Waals surface area contributed by atoms with Crippen LogP contribution in [0.15, 0.2) is 29.3 Å². The third kappa shape index (κ3) is 4.80. The van der Waals surface area contributed by atoms with E-state index in [1.807, 2.05) is 0 Å². The van der Waals surface area contributed by atoms with Crippen molar-refractivity contribution >= 4 is 17.8 Å². The summed E-state index contributed by atoms with van der Waals surface area (Å²) in [5.74, 6) is -1.29. The van der Waals surface area contributed by atoms with E-state index in [0.29, 0.717) is 19.4 Å². The lowest BCUT2D eigenvalue weighted by atomic mass is 9.77. The Kier molecular flexibility index (Phi) is 6.04. The van der Waals surface area contributed by atoms with Crippen LogP contribution < -0.4 is 10.2 Å². The van der Waals surface area contributed by atoms with Crippen molar-refractivity contribution < 1.29 is 24.2 Å². The number of nitrogens with zero attached hydrogens (tertiary/aromatic N) is 1. The molecule has 3 N–H and O–H groups in total. The summed E-state index contributed by atoms with van der Waals surface area (Å²) in [7, 11) is 0. The lowest BCUT2D eigenvalue weighted by Gasteiger charge is -2.24. The highest BCUT2D eigenvalue weighted by Crippen LogP contribution is 2.31. The first-order chi connectivity index (χ1) is 12.1.